The van der Waals surface area contributed by atoms with E-state index in [0.29, 0.717) is 24.5 Å². The Bertz CT molecular complexity index is 715. The second-order valence-electron chi connectivity index (χ2n) is 5.57. The monoisotopic (exact) mass is 326 g/mol. The zero-order chi connectivity index (χ0) is 16.2. The number of rotatable bonds is 3. The van der Waals surface area contributed by atoms with Crippen molar-refractivity contribution in [1.29, 1.82) is 0 Å². The van der Waals surface area contributed by atoms with Gasteiger partial charge in [-0.25, -0.2) is 0 Å². The van der Waals surface area contributed by atoms with Crippen molar-refractivity contribution in [2.45, 2.75) is 13.0 Å². The van der Waals surface area contributed by atoms with Crippen LogP contribution < -0.4 is 9.80 Å². The molecule has 23 heavy (non-hydrogen) atoms. The first-order valence-electron chi connectivity index (χ1n) is 7.68. The SMILES string of the molecule is C=CCN1C(=O)CCN(c2ccccc2)Cc2cc(Cl)ccc21. The summed E-state index contributed by atoms with van der Waals surface area (Å²) in [5.74, 6) is 0.106. The summed E-state index contributed by atoms with van der Waals surface area (Å²) >= 11 is 6.18. The van der Waals surface area contributed by atoms with Crippen LogP contribution in [0.15, 0.2) is 61.2 Å². The van der Waals surface area contributed by atoms with Crippen LogP contribution in [0.3, 0.4) is 0 Å². The van der Waals surface area contributed by atoms with Gasteiger partial charge in [0.25, 0.3) is 0 Å². The molecule has 2 aromatic carbocycles. The lowest BCUT2D eigenvalue weighted by molar-refractivity contribution is -0.118. The Morgan fingerprint density at radius 3 is 2.70 bits per heavy atom. The van der Waals surface area contributed by atoms with Gasteiger partial charge >= 0.3 is 0 Å². The predicted molar refractivity (Wildman–Crippen MR) is 96.1 cm³/mol. The van der Waals surface area contributed by atoms with E-state index in [1.165, 1.54) is 0 Å². The summed E-state index contributed by atoms with van der Waals surface area (Å²) in [6.45, 7) is 5.68. The molecule has 1 amide bonds. The average Bonchev–Trinajstić information content (AvgIpc) is 2.56. The molecular weight excluding hydrogens is 308 g/mol. The highest BCUT2D eigenvalue weighted by molar-refractivity contribution is 6.30. The summed E-state index contributed by atoms with van der Waals surface area (Å²) in [5, 5.41) is 0.684. The first kappa shape index (κ1) is 15.6. The molecule has 3 nitrogen and oxygen atoms in total. The molecule has 0 atom stereocenters. The third-order valence-corrected chi connectivity index (χ3v) is 4.26. The maximum absolute atomic E-state index is 12.6. The second-order valence-corrected chi connectivity index (χ2v) is 6.01. The summed E-state index contributed by atoms with van der Waals surface area (Å²) in [5.41, 5.74) is 3.08. The number of nitrogens with zero attached hydrogens (tertiary/aromatic N) is 2. The molecule has 3 rings (SSSR count). The molecule has 1 aliphatic rings. The van der Waals surface area contributed by atoms with Crippen LogP contribution in [0.4, 0.5) is 11.4 Å². The van der Waals surface area contributed by atoms with Gasteiger partial charge in [-0.2, -0.15) is 0 Å². The number of halogens is 1. The summed E-state index contributed by atoms with van der Waals surface area (Å²) in [6, 6.07) is 15.9. The number of anilines is 2. The molecule has 0 saturated carbocycles. The van der Waals surface area contributed by atoms with Gasteiger partial charge in [-0.05, 0) is 35.9 Å². The minimum atomic E-state index is 0.106. The fourth-order valence-electron chi connectivity index (χ4n) is 2.92. The van der Waals surface area contributed by atoms with Crippen LogP contribution in [0.1, 0.15) is 12.0 Å². The molecule has 0 aliphatic carbocycles. The molecule has 0 bridgehead atoms. The van der Waals surface area contributed by atoms with E-state index < -0.39 is 0 Å². The molecular formula is C19H19ClN2O. The number of amides is 1. The van der Waals surface area contributed by atoms with Crippen molar-refractivity contribution in [1.82, 2.24) is 0 Å². The molecule has 0 unspecified atom stereocenters. The second kappa shape index (κ2) is 6.88. The smallest absolute Gasteiger partial charge is 0.229 e. The molecule has 0 fully saturated rings. The summed E-state index contributed by atoms with van der Waals surface area (Å²) < 4.78 is 0. The van der Waals surface area contributed by atoms with Crippen molar-refractivity contribution in [3.05, 3.63) is 71.8 Å². The molecule has 0 N–H and O–H groups in total. The van der Waals surface area contributed by atoms with E-state index in [-0.39, 0.29) is 5.91 Å². The number of fused-ring (bicyclic) bond motifs is 1. The van der Waals surface area contributed by atoms with Gasteiger partial charge in [-0.3, -0.25) is 4.79 Å². The van der Waals surface area contributed by atoms with Crippen molar-refractivity contribution in [2.24, 2.45) is 0 Å². The first-order valence-corrected chi connectivity index (χ1v) is 8.06. The van der Waals surface area contributed by atoms with E-state index in [9.17, 15) is 4.79 Å². The Kier molecular flexibility index (Phi) is 4.68. The van der Waals surface area contributed by atoms with E-state index in [1.807, 2.05) is 36.4 Å². The van der Waals surface area contributed by atoms with Crippen LogP contribution in [-0.2, 0) is 11.3 Å². The molecule has 0 spiro atoms. The topological polar surface area (TPSA) is 23.6 Å². The number of hydrogen-bond donors (Lipinski definition) is 0. The molecule has 0 saturated heterocycles. The fourth-order valence-corrected chi connectivity index (χ4v) is 3.11. The Morgan fingerprint density at radius 2 is 1.96 bits per heavy atom. The van der Waals surface area contributed by atoms with Gasteiger partial charge in [0.1, 0.15) is 0 Å². The average molecular weight is 327 g/mol. The molecule has 4 heteroatoms. The van der Waals surface area contributed by atoms with Crippen LogP contribution in [0.2, 0.25) is 5.02 Å². The zero-order valence-corrected chi connectivity index (χ0v) is 13.7. The Morgan fingerprint density at radius 1 is 1.17 bits per heavy atom. The van der Waals surface area contributed by atoms with Crippen LogP contribution in [-0.4, -0.2) is 19.0 Å². The lowest BCUT2D eigenvalue weighted by Crippen LogP contribution is -2.38. The Balaban J connectivity index is 2.02. The Hall–Kier alpha value is -2.26. The molecule has 0 aromatic heterocycles. The van der Waals surface area contributed by atoms with Gasteiger partial charge < -0.3 is 9.80 Å². The van der Waals surface area contributed by atoms with Crippen LogP contribution in [0, 0.1) is 0 Å². The molecule has 1 heterocycles. The van der Waals surface area contributed by atoms with Crippen LogP contribution in [0.5, 0.6) is 0 Å². The number of benzene rings is 2. The number of para-hydroxylation sites is 1. The summed E-state index contributed by atoms with van der Waals surface area (Å²) in [7, 11) is 0. The van der Waals surface area contributed by atoms with E-state index in [2.05, 4.69) is 23.6 Å². The van der Waals surface area contributed by atoms with Crippen LogP contribution >= 0.6 is 11.6 Å². The van der Waals surface area contributed by atoms with E-state index in [1.54, 1.807) is 11.0 Å². The van der Waals surface area contributed by atoms with Gasteiger partial charge in [0.2, 0.25) is 5.91 Å². The van der Waals surface area contributed by atoms with Crippen molar-refractivity contribution in [3.8, 4) is 0 Å². The highest BCUT2D eigenvalue weighted by Crippen LogP contribution is 2.30. The fraction of sp³-hybridized carbons (Fsp3) is 0.211. The minimum absolute atomic E-state index is 0.106. The zero-order valence-electron chi connectivity index (χ0n) is 12.9. The van der Waals surface area contributed by atoms with E-state index >= 15 is 0 Å². The molecule has 1 aliphatic heterocycles. The van der Waals surface area contributed by atoms with Crippen molar-refractivity contribution >= 4 is 28.9 Å². The number of hydrogen-bond acceptors (Lipinski definition) is 2. The highest BCUT2D eigenvalue weighted by Gasteiger charge is 2.23. The quantitative estimate of drug-likeness (QED) is 0.786. The van der Waals surface area contributed by atoms with E-state index in [4.69, 9.17) is 11.6 Å². The minimum Gasteiger partial charge on any atom is -0.367 e. The highest BCUT2D eigenvalue weighted by atomic mass is 35.5. The van der Waals surface area contributed by atoms with Crippen molar-refractivity contribution < 1.29 is 4.79 Å². The van der Waals surface area contributed by atoms with Gasteiger partial charge in [0.05, 0.1) is 0 Å². The summed E-state index contributed by atoms with van der Waals surface area (Å²) in [4.78, 5) is 16.6. The predicted octanol–water partition coefficient (Wildman–Crippen LogP) is 4.27. The Labute approximate surface area is 141 Å². The van der Waals surface area contributed by atoms with Crippen molar-refractivity contribution in [3.63, 3.8) is 0 Å². The van der Waals surface area contributed by atoms with Gasteiger partial charge in [0, 0.05) is 42.5 Å². The molecule has 118 valence electrons. The lowest BCUT2D eigenvalue weighted by atomic mass is 10.1. The summed E-state index contributed by atoms with van der Waals surface area (Å²) in [6.07, 6.45) is 2.23. The first-order chi connectivity index (χ1) is 11.2. The molecule has 2 aromatic rings. The number of carbonyl (C=O) groups excluding carboxylic acids is 1. The number of carbonyl (C=O) groups is 1. The van der Waals surface area contributed by atoms with E-state index in [0.717, 1.165) is 23.5 Å². The van der Waals surface area contributed by atoms with Gasteiger partial charge in [-0.1, -0.05) is 35.9 Å². The third kappa shape index (κ3) is 3.40. The third-order valence-electron chi connectivity index (χ3n) is 4.02. The van der Waals surface area contributed by atoms with Gasteiger partial charge in [-0.15, -0.1) is 6.58 Å². The van der Waals surface area contributed by atoms with Crippen LogP contribution in [0.25, 0.3) is 0 Å². The standard InChI is InChI=1S/C19H19ClN2O/c1-2-11-22-18-9-8-16(20)13-15(18)14-21(12-10-19(22)23)17-6-4-3-5-7-17/h2-9,13H,1,10-12,14H2. The normalized spacial score (nSPS) is 14.9. The maximum Gasteiger partial charge on any atom is 0.229 e. The van der Waals surface area contributed by atoms with Crippen molar-refractivity contribution in [2.75, 3.05) is 22.9 Å². The molecule has 0 radical (unpaired) electrons. The maximum atomic E-state index is 12.6. The largest absolute Gasteiger partial charge is 0.367 e. The van der Waals surface area contributed by atoms with Gasteiger partial charge in [0.15, 0.2) is 0 Å². The lowest BCUT2D eigenvalue weighted by Gasteiger charge is -2.33.